The molecule has 1 saturated carbocycles. The number of nitrogens with zero attached hydrogens (tertiary/aromatic N) is 1. The standard InChI is InChI=1S/C29H55N7O14/c30-3-5-36(44)18(39)8-12-7-15(33)24(48-27-14(32)2-1-13(45-27)10-35-4-6-37)26(20(12)40)50-29-23(43)25(17(11-38)47-29)49-28-19(34)22(42)21(41)16(9-31)46-28/h1,12,14-17,19-29,35,37-38,40-44H,2-11,30-34H2/t12-,14+,15-,16-,17+,19+,20-,21+,22+,23+,24+,25+,26+,27+,28+,29-/m0/s1. The molecule has 3 heterocycles. The van der Waals surface area contributed by atoms with Crippen LogP contribution >= 0.6 is 0 Å². The third-order valence-corrected chi connectivity index (χ3v) is 9.35. The first kappa shape index (κ1) is 41.1. The fraction of sp³-hybridized carbons (Fsp3) is 0.897. The quantitative estimate of drug-likeness (QED) is 0.0399. The number of nitrogens with one attached hydrogen (secondary N) is 1. The van der Waals surface area contributed by atoms with Crippen molar-refractivity contribution in [3.8, 4) is 0 Å². The minimum atomic E-state index is -1.65. The molecule has 3 aliphatic heterocycles. The summed E-state index contributed by atoms with van der Waals surface area (Å²) in [6, 6.07) is -2.82. The Kier molecular flexibility index (Phi) is 15.5. The highest BCUT2D eigenvalue weighted by molar-refractivity contribution is 5.75. The molecule has 290 valence electrons. The molecule has 2 saturated heterocycles. The molecule has 16 atom stereocenters. The summed E-state index contributed by atoms with van der Waals surface area (Å²) in [5.41, 5.74) is 30.0. The lowest BCUT2D eigenvalue weighted by molar-refractivity contribution is -0.283. The van der Waals surface area contributed by atoms with Gasteiger partial charge in [-0.3, -0.25) is 10.0 Å². The van der Waals surface area contributed by atoms with Crippen LogP contribution in [-0.2, 0) is 33.2 Å². The van der Waals surface area contributed by atoms with Gasteiger partial charge in [0.1, 0.15) is 54.6 Å². The molecule has 0 radical (unpaired) electrons. The zero-order valence-electron chi connectivity index (χ0n) is 27.7. The average molecular weight is 726 g/mol. The van der Waals surface area contributed by atoms with Crippen LogP contribution in [0.15, 0.2) is 11.8 Å². The Labute approximate surface area is 289 Å². The Balaban J connectivity index is 1.54. The van der Waals surface area contributed by atoms with Crippen molar-refractivity contribution in [2.45, 2.75) is 111 Å². The number of aliphatic hydroxyl groups excluding tert-OH is 6. The number of aliphatic hydroxyl groups is 6. The Morgan fingerprint density at radius 2 is 1.56 bits per heavy atom. The van der Waals surface area contributed by atoms with E-state index >= 15 is 0 Å². The number of amides is 1. The van der Waals surface area contributed by atoms with Gasteiger partial charge in [0, 0.05) is 32.1 Å². The summed E-state index contributed by atoms with van der Waals surface area (Å²) < 4.78 is 35.7. The number of rotatable bonds is 16. The van der Waals surface area contributed by atoms with Gasteiger partial charge in [0.15, 0.2) is 12.6 Å². The van der Waals surface area contributed by atoms with Crippen LogP contribution in [0.5, 0.6) is 0 Å². The van der Waals surface area contributed by atoms with Gasteiger partial charge in [0.05, 0.1) is 44.5 Å². The zero-order valence-corrected chi connectivity index (χ0v) is 27.7. The lowest BCUT2D eigenvalue weighted by Crippen LogP contribution is -2.64. The smallest absolute Gasteiger partial charge is 0.246 e. The van der Waals surface area contributed by atoms with Crippen LogP contribution in [0.1, 0.15) is 19.3 Å². The van der Waals surface area contributed by atoms with Crippen LogP contribution < -0.4 is 34.0 Å². The highest BCUT2D eigenvalue weighted by Gasteiger charge is 2.54. The van der Waals surface area contributed by atoms with E-state index in [0.29, 0.717) is 23.8 Å². The first-order chi connectivity index (χ1) is 23.8. The number of ether oxygens (including phenoxy) is 6. The number of carbonyl (C=O) groups excluding carboxylic acids is 1. The van der Waals surface area contributed by atoms with Gasteiger partial charge in [-0.05, 0) is 24.8 Å². The van der Waals surface area contributed by atoms with Gasteiger partial charge < -0.3 is 93.0 Å². The predicted molar refractivity (Wildman–Crippen MR) is 169 cm³/mol. The number of carbonyl (C=O) groups is 1. The van der Waals surface area contributed by atoms with Crippen molar-refractivity contribution in [2.24, 2.45) is 34.6 Å². The van der Waals surface area contributed by atoms with Gasteiger partial charge in [-0.1, -0.05) is 0 Å². The number of hydrogen-bond acceptors (Lipinski definition) is 20. The molecule has 0 spiro atoms. The van der Waals surface area contributed by atoms with E-state index in [1.807, 2.05) is 0 Å². The van der Waals surface area contributed by atoms with E-state index in [0.717, 1.165) is 0 Å². The average Bonchev–Trinajstić information content (AvgIpc) is 3.39. The number of hydroxylamine groups is 2. The Hall–Kier alpha value is -1.71. The third kappa shape index (κ3) is 9.63. The van der Waals surface area contributed by atoms with Crippen LogP contribution in [0.3, 0.4) is 0 Å². The molecular weight excluding hydrogens is 670 g/mol. The SMILES string of the molecule is NCCN(O)C(=O)C[C@@H]1C[C@H](N)[C@@H](O[C@H]2OC(CNCCO)=CC[C@H]2N)[C@H](O[C@@H]2O[C@H](CO)[C@@H](O[C@H]3O[C@@H](CN)[C@@H](O)[C@H](O)[C@H]3N)[C@H]2O)[C@H]1O. The Morgan fingerprint density at radius 1 is 0.880 bits per heavy atom. The maximum absolute atomic E-state index is 12.7. The van der Waals surface area contributed by atoms with Crippen molar-refractivity contribution in [3.05, 3.63) is 11.8 Å². The lowest BCUT2D eigenvalue weighted by Gasteiger charge is -2.46. The summed E-state index contributed by atoms with van der Waals surface area (Å²) in [5.74, 6) is -1.08. The number of nitrogens with two attached hydrogens (primary N) is 5. The summed E-state index contributed by atoms with van der Waals surface area (Å²) in [6.45, 7) is -0.470. The molecule has 0 bridgehead atoms. The molecule has 0 aromatic heterocycles. The molecule has 50 heavy (non-hydrogen) atoms. The first-order valence-electron chi connectivity index (χ1n) is 16.8. The van der Waals surface area contributed by atoms with Crippen LogP contribution in [-0.4, -0.2) is 185 Å². The molecule has 0 aromatic carbocycles. The fourth-order valence-corrected chi connectivity index (χ4v) is 6.51. The van der Waals surface area contributed by atoms with Crippen LogP contribution in [0.4, 0.5) is 0 Å². The molecule has 4 rings (SSSR count). The molecule has 0 aromatic rings. The van der Waals surface area contributed by atoms with Crippen LogP contribution in [0.25, 0.3) is 0 Å². The molecule has 21 heteroatoms. The highest BCUT2D eigenvalue weighted by Crippen LogP contribution is 2.37. The van der Waals surface area contributed by atoms with Gasteiger partial charge in [0.25, 0.3) is 0 Å². The largest absolute Gasteiger partial charge is 0.467 e. The fourth-order valence-electron chi connectivity index (χ4n) is 6.51. The second kappa shape index (κ2) is 18.9. The normalized spacial score (nSPS) is 42.2. The summed E-state index contributed by atoms with van der Waals surface area (Å²) in [7, 11) is 0. The summed E-state index contributed by atoms with van der Waals surface area (Å²) in [6.07, 6.45) is -14.3. The lowest BCUT2D eigenvalue weighted by atomic mass is 9.77. The highest BCUT2D eigenvalue weighted by atomic mass is 16.8. The van der Waals surface area contributed by atoms with Crippen molar-refractivity contribution >= 4 is 5.91 Å². The van der Waals surface area contributed by atoms with Gasteiger partial charge in [-0.15, -0.1) is 0 Å². The summed E-state index contributed by atoms with van der Waals surface area (Å²) in [4.78, 5) is 12.7. The van der Waals surface area contributed by atoms with Crippen molar-refractivity contribution in [1.29, 1.82) is 0 Å². The van der Waals surface area contributed by atoms with Crippen molar-refractivity contribution in [3.63, 3.8) is 0 Å². The maximum atomic E-state index is 12.7. The van der Waals surface area contributed by atoms with E-state index in [1.54, 1.807) is 6.08 Å². The predicted octanol–water partition coefficient (Wildman–Crippen LogP) is -7.23. The van der Waals surface area contributed by atoms with E-state index in [2.05, 4.69) is 5.32 Å². The van der Waals surface area contributed by atoms with E-state index < -0.39 is 110 Å². The van der Waals surface area contributed by atoms with Crippen LogP contribution in [0, 0.1) is 5.92 Å². The summed E-state index contributed by atoms with van der Waals surface area (Å²) in [5, 5.41) is 76.4. The second-order valence-corrected chi connectivity index (χ2v) is 13.0. The van der Waals surface area contributed by atoms with Crippen molar-refractivity contribution < 1.29 is 69.1 Å². The minimum Gasteiger partial charge on any atom is -0.467 e. The molecule has 21 nitrogen and oxygen atoms in total. The van der Waals surface area contributed by atoms with Crippen molar-refractivity contribution in [1.82, 2.24) is 10.4 Å². The van der Waals surface area contributed by atoms with E-state index in [9.17, 15) is 35.5 Å². The molecule has 4 aliphatic rings. The third-order valence-electron chi connectivity index (χ3n) is 9.35. The zero-order chi connectivity index (χ0) is 36.7. The van der Waals surface area contributed by atoms with Crippen molar-refractivity contribution in [2.75, 3.05) is 45.9 Å². The molecule has 1 amide bonds. The molecule has 1 aliphatic carbocycles. The number of hydrogen-bond donors (Lipinski definition) is 13. The molecule has 18 N–H and O–H groups in total. The monoisotopic (exact) mass is 725 g/mol. The molecular formula is C29H55N7O14. The van der Waals surface area contributed by atoms with E-state index in [-0.39, 0.29) is 45.6 Å². The topological polar surface area (TPSA) is 359 Å². The molecule has 3 fully saturated rings. The van der Waals surface area contributed by atoms with E-state index in [1.165, 1.54) is 0 Å². The maximum Gasteiger partial charge on any atom is 0.246 e. The summed E-state index contributed by atoms with van der Waals surface area (Å²) >= 11 is 0. The van der Waals surface area contributed by atoms with Gasteiger partial charge in [0.2, 0.25) is 12.2 Å². The van der Waals surface area contributed by atoms with Gasteiger partial charge in [-0.2, -0.15) is 0 Å². The minimum absolute atomic E-state index is 0.000385. The van der Waals surface area contributed by atoms with E-state index in [4.69, 9.17) is 62.2 Å². The first-order valence-corrected chi connectivity index (χ1v) is 16.8. The van der Waals surface area contributed by atoms with Gasteiger partial charge in [-0.25, -0.2) is 5.06 Å². The Bertz CT molecular complexity index is 1100. The Morgan fingerprint density at radius 3 is 2.22 bits per heavy atom. The van der Waals surface area contributed by atoms with Crippen LogP contribution in [0.2, 0.25) is 0 Å². The second-order valence-electron chi connectivity index (χ2n) is 13.0. The molecule has 0 unspecified atom stereocenters. The van der Waals surface area contributed by atoms with Gasteiger partial charge >= 0.3 is 0 Å².